The number of ether oxygens (including phenoxy) is 1. The van der Waals surface area contributed by atoms with Crippen molar-refractivity contribution < 1.29 is 18.6 Å². The van der Waals surface area contributed by atoms with E-state index in [4.69, 9.17) is 0 Å². The minimum absolute atomic E-state index is 0.0830. The molecule has 1 atom stereocenters. The fraction of sp³-hybridized carbons (Fsp3) is 0.312. The molecule has 2 aromatic heterocycles. The highest BCUT2D eigenvalue weighted by atomic mass is 32.2. The molecular formula is C16H16F2N4O3S2. The number of aliphatic hydroxyl groups is 1. The highest BCUT2D eigenvalue weighted by molar-refractivity contribution is 7.98. The van der Waals surface area contributed by atoms with Crippen molar-refractivity contribution in [1.82, 2.24) is 15.0 Å². The van der Waals surface area contributed by atoms with Crippen LogP contribution in [0.2, 0.25) is 0 Å². The molecule has 3 aromatic rings. The van der Waals surface area contributed by atoms with Gasteiger partial charge in [0, 0.05) is 11.8 Å². The van der Waals surface area contributed by atoms with Gasteiger partial charge >= 0.3 is 11.5 Å². The fourth-order valence-corrected chi connectivity index (χ4v) is 3.71. The van der Waals surface area contributed by atoms with Crippen LogP contribution in [-0.4, -0.2) is 39.3 Å². The number of hydrogen-bond donors (Lipinski definition) is 3. The van der Waals surface area contributed by atoms with Crippen molar-refractivity contribution in [3.05, 3.63) is 39.5 Å². The number of anilines is 1. The molecule has 3 N–H and O–H groups in total. The summed E-state index contributed by atoms with van der Waals surface area (Å²) in [6.07, 6.45) is 0. The van der Waals surface area contributed by atoms with Crippen LogP contribution < -0.4 is 14.9 Å². The van der Waals surface area contributed by atoms with E-state index in [0.717, 1.165) is 16.9 Å². The molecule has 0 radical (unpaired) electrons. The van der Waals surface area contributed by atoms with Gasteiger partial charge in [0.1, 0.15) is 10.4 Å². The summed E-state index contributed by atoms with van der Waals surface area (Å²) < 4.78 is 29.3. The highest BCUT2D eigenvalue weighted by Crippen LogP contribution is 2.28. The molecule has 0 spiro atoms. The maximum absolute atomic E-state index is 12.2. The first-order valence-corrected chi connectivity index (χ1v) is 9.69. The third-order valence-corrected chi connectivity index (χ3v) is 5.23. The summed E-state index contributed by atoms with van der Waals surface area (Å²) in [4.78, 5) is 22.8. The summed E-state index contributed by atoms with van der Waals surface area (Å²) in [6.45, 7) is -1.15. The second-order valence-electron chi connectivity index (χ2n) is 5.59. The molecule has 11 heteroatoms. The number of thioether (sulfide) groups is 1. The number of benzene rings is 1. The zero-order valence-corrected chi connectivity index (χ0v) is 15.7. The van der Waals surface area contributed by atoms with Crippen molar-refractivity contribution in [1.29, 1.82) is 0 Å². The number of aromatic nitrogens is 3. The number of nitrogens with zero attached hydrogens (tertiary/aromatic N) is 2. The van der Waals surface area contributed by atoms with E-state index in [1.165, 1.54) is 23.9 Å². The molecule has 0 saturated carbocycles. The largest absolute Gasteiger partial charge is 0.435 e. The van der Waals surface area contributed by atoms with E-state index >= 15 is 0 Å². The van der Waals surface area contributed by atoms with Gasteiger partial charge < -0.3 is 15.2 Å². The van der Waals surface area contributed by atoms with E-state index in [1.54, 1.807) is 19.1 Å². The molecule has 0 aliphatic heterocycles. The van der Waals surface area contributed by atoms with Gasteiger partial charge in [-0.05, 0) is 24.6 Å². The van der Waals surface area contributed by atoms with Crippen molar-refractivity contribution in [2.24, 2.45) is 0 Å². The maximum Gasteiger partial charge on any atom is 0.387 e. The lowest BCUT2D eigenvalue weighted by Crippen LogP contribution is -2.20. The van der Waals surface area contributed by atoms with E-state index in [-0.39, 0.29) is 23.3 Å². The number of hydrogen-bond acceptors (Lipinski definition) is 8. The predicted octanol–water partition coefficient (Wildman–Crippen LogP) is 3.07. The topological polar surface area (TPSA) is 100 Å². The maximum atomic E-state index is 12.2. The molecule has 7 nitrogen and oxygen atoms in total. The van der Waals surface area contributed by atoms with E-state index < -0.39 is 6.61 Å². The predicted molar refractivity (Wildman–Crippen MR) is 101 cm³/mol. The van der Waals surface area contributed by atoms with Gasteiger partial charge in [-0.1, -0.05) is 35.2 Å². The van der Waals surface area contributed by atoms with Gasteiger partial charge in [-0.2, -0.15) is 8.78 Å². The first-order valence-electron chi connectivity index (χ1n) is 7.89. The van der Waals surface area contributed by atoms with Gasteiger partial charge in [0.25, 0.3) is 0 Å². The zero-order chi connectivity index (χ0) is 19.4. The van der Waals surface area contributed by atoms with Crippen molar-refractivity contribution in [3.8, 4) is 5.75 Å². The van der Waals surface area contributed by atoms with Crippen LogP contribution >= 0.6 is 23.1 Å². The van der Waals surface area contributed by atoms with Crippen LogP contribution in [-0.2, 0) is 5.75 Å². The van der Waals surface area contributed by atoms with Crippen LogP contribution in [0.25, 0.3) is 10.3 Å². The van der Waals surface area contributed by atoms with E-state index in [1.807, 2.05) is 0 Å². The number of aliphatic hydroxyl groups excluding tert-OH is 1. The Bertz CT molecular complexity index is 962. The normalized spacial score (nSPS) is 12.5. The number of aromatic amines is 1. The summed E-state index contributed by atoms with van der Waals surface area (Å²) in [7, 11) is 0. The van der Waals surface area contributed by atoms with Gasteiger partial charge in [0.2, 0.25) is 0 Å². The molecule has 0 aliphatic rings. The van der Waals surface area contributed by atoms with Crippen molar-refractivity contribution >= 4 is 39.3 Å². The molecule has 0 fully saturated rings. The summed E-state index contributed by atoms with van der Waals surface area (Å²) >= 11 is 2.33. The first kappa shape index (κ1) is 19.5. The molecular weight excluding hydrogens is 398 g/mol. The SMILES string of the molecule is C[C@H](CO)Nc1nc(SCc2ccc(OC(F)F)cc2)nc2[nH]c(=O)sc12. The smallest absolute Gasteiger partial charge is 0.387 e. The molecule has 0 saturated heterocycles. The zero-order valence-electron chi connectivity index (χ0n) is 14.1. The van der Waals surface area contributed by atoms with E-state index in [0.29, 0.717) is 27.1 Å². The summed E-state index contributed by atoms with van der Waals surface area (Å²) in [5.74, 6) is 1.08. The Hall–Kier alpha value is -2.24. The number of thiazole rings is 1. The van der Waals surface area contributed by atoms with Crippen LogP contribution in [0.15, 0.2) is 34.2 Å². The molecule has 3 rings (SSSR count). The van der Waals surface area contributed by atoms with Crippen LogP contribution in [0.1, 0.15) is 12.5 Å². The van der Waals surface area contributed by atoms with Crippen LogP contribution in [0, 0.1) is 0 Å². The molecule has 0 amide bonds. The molecule has 27 heavy (non-hydrogen) atoms. The third kappa shape index (κ3) is 5.15. The standard InChI is InChI=1S/C16H16F2N4O3S2/c1-8(6-23)19-12-11-13(22-16(24)27-11)21-15(20-12)26-7-9-2-4-10(5-3-9)25-14(17)18/h2-5,8,14,23H,6-7H2,1H3,(H2,19,20,21,22,24)/t8-/m1/s1. The Morgan fingerprint density at radius 1 is 1.33 bits per heavy atom. The Morgan fingerprint density at radius 3 is 2.74 bits per heavy atom. The third-order valence-electron chi connectivity index (χ3n) is 3.43. The van der Waals surface area contributed by atoms with Gasteiger partial charge in [0.15, 0.2) is 16.6 Å². The molecule has 0 aliphatic carbocycles. The number of nitrogens with one attached hydrogen (secondary N) is 2. The molecule has 1 aromatic carbocycles. The lowest BCUT2D eigenvalue weighted by Gasteiger charge is -2.12. The monoisotopic (exact) mass is 414 g/mol. The lowest BCUT2D eigenvalue weighted by atomic mass is 10.2. The van der Waals surface area contributed by atoms with E-state index in [2.05, 4.69) is 25.0 Å². The summed E-state index contributed by atoms with van der Waals surface area (Å²) in [5.41, 5.74) is 1.30. The average molecular weight is 414 g/mol. The molecule has 0 unspecified atom stereocenters. The molecule has 0 bridgehead atoms. The molecule has 2 heterocycles. The van der Waals surface area contributed by atoms with Gasteiger partial charge in [0.05, 0.1) is 6.61 Å². The number of alkyl halides is 2. The molecule has 144 valence electrons. The Morgan fingerprint density at radius 2 is 2.07 bits per heavy atom. The first-order chi connectivity index (χ1) is 12.9. The van der Waals surface area contributed by atoms with Gasteiger partial charge in [-0.15, -0.1) is 0 Å². The van der Waals surface area contributed by atoms with Crippen molar-refractivity contribution in [3.63, 3.8) is 0 Å². The Kier molecular flexibility index (Phi) is 6.24. The fourth-order valence-electron chi connectivity index (χ4n) is 2.18. The minimum Gasteiger partial charge on any atom is -0.435 e. The van der Waals surface area contributed by atoms with Crippen LogP contribution in [0.5, 0.6) is 5.75 Å². The average Bonchev–Trinajstić information content (AvgIpc) is 3.01. The lowest BCUT2D eigenvalue weighted by molar-refractivity contribution is -0.0498. The van der Waals surface area contributed by atoms with Gasteiger partial charge in [-0.25, -0.2) is 9.97 Å². The second-order valence-corrected chi connectivity index (χ2v) is 7.51. The van der Waals surface area contributed by atoms with Crippen molar-refractivity contribution in [2.45, 2.75) is 30.5 Å². The van der Waals surface area contributed by atoms with Gasteiger partial charge in [-0.3, -0.25) is 9.78 Å². The number of halogens is 2. The summed E-state index contributed by atoms with van der Waals surface area (Å²) in [5, 5.41) is 12.7. The van der Waals surface area contributed by atoms with E-state index in [9.17, 15) is 18.7 Å². The summed E-state index contributed by atoms with van der Waals surface area (Å²) in [6, 6.07) is 6.07. The van der Waals surface area contributed by atoms with Crippen molar-refractivity contribution in [2.75, 3.05) is 11.9 Å². The van der Waals surface area contributed by atoms with Crippen LogP contribution in [0.3, 0.4) is 0 Å². The number of rotatable bonds is 8. The van der Waals surface area contributed by atoms with Crippen LogP contribution in [0.4, 0.5) is 14.6 Å². The Balaban J connectivity index is 1.77. The Labute approximate surface area is 160 Å². The highest BCUT2D eigenvalue weighted by Gasteiger charge is 2.14. The minimum atomic E-state index is -2.86. The number of H-pyrrole nitrogens is 1. The quantitative estimate of drug-likeness (QED) is 0.385. The number of fused-ring (bicyclic) bond motifs is 1. The second kappa shape index (κ2) is 8.63.